The Bertz CT molecular complexity index is 1420. The molecule has 0 saturated heterocycles. The first kappa shape index (κ1) is 23.3. The van der Waals surface area contributed by atoms with Crippen LogP contribution in [-0.4, -0.2) is 36.1 Å². The number of sulfonamides is 1. The van der Waals surface area contributed by atoms with Gasteiger partial charge in [-0.3, -0.25) is 15.2 Å². The number of nitrogens with zero attached hydrogens (tertiary/aromatic N) is 3. The van der Waals surface area contributed by atoms with Crippen molar-refractivity contribution in [2.45, 2.75) is 24.3 Å². The third-order valence-electron chi connectivity index (χ3n) is 5.44. The molecule has 4 aromatic rings. The summed E-state index contributed by atoms with van der Waals surface area (Å²) >= 11 is 0. The fourth-order valence-electron chi connectivity index (χ4n) is 3.67. The number of rotatable bonds is 9. The third-order valence-corrected chi connectivity index (χ3v) is 7.01. The first-order valence-electron chi connectivity index (χ1n) is 10.5. The van der Waals surface area contributed by atoms with Gasteiger partial charge in [-0.05, 0) is 55.0 Å². The van der Waals surface area contributed by atoms with Crippen LogP contribution in [0.4, 0.5) is 21.5 Å². The van der Waals surface area contributed by atoms with Gasteiger partial charge in [-0.15, -0.1) is 0 Å². The standard InChI is InChI=1S/C23H22FN5O4S/c1-2-18(27-34(32,33)23-6-4-3-5-22(23)29(30)31)15-28(19-9-7-17(24)8-10-19)20-11-12-21-16(13-20)14-25-26-21/h3-14,18,27H,2,15H2,1H3,(H,25,26). The zero-order valence-electron chi connectivity index (χ0n) is 18.2. The molecule has 1 unspecified atom stereocenters. The van der Waals surface area contributed by atoms with Gasteiger partial charge in [0.15, 0.2) is 4.90 Å². The Morgan fingerprint density at radius 2 is 1.82 bits per heavy atom. The number of aromatic amines is 1. The SMILES string of the molecule is CCC(CN(c1ccc(F)cc1)c1ccc2[nH]ncc2c1)NS(=O)(=O)c1ccccc1[N+](=O)[O-]. The Kier molecular flexibility index (Phi) is 6.57. The van der Waals surface area contributed by atoms with Crippen LogP contribution < -0.4 is 9.62 Å². The average Bonchev–Trinajstić information content (AvgIpc) is 3.30. The number of nitrogens with one attached hydrogen (secondary N) is 2. The molecule has 176 valence electrons. The van der Waals surface area contributed by atoms with Crippen molar-refractivity contribution in [3.8, 4) is 0 Å². The molecule has 0 fully saturated rings. The van der Waals surface area contributed by atoms with Crippen LogP contribution in [-0.2, 0) is 10.0 Å². The van der Waals surface area contributed by atoms with Gasteiger partial charge in [0.05, 0.1) is 16.6 Å². The molecule has 0 bridgehead atoms. The second kappa shape index (κ2) is 9.57. The zero-order chi connectivity index (χ0) is 24.3. The number of fused-ring (bicyclic) bond motifs is 1. The fraction of sp³-hybridized carbons (Fsp3) is 0.174. The summed E-state index contributed by atoms with van der Waals surface area (Å²) in [6.45, 7) is 2.01. The minimum atomic E-state index is -4.18. The molecule has 1 heterocycles. The molecule has 2 N–H and O–H groups in total. The molecule has 1 aromatic heterocycles. The van der Waals surface area contributed by atoms with E-state index in [0.29, 0.717) is 12.1 Å². The molecule has 0 aliphatic rings. The molecule has 4 rings (SSSR count). The highest BCUT2D eigenvalue weighted by molar-refractivity contribution is 7.89. The van der Waals surface area contributed by atoms with Crippen LogP contribution in [0.2, 0.25) is 0 Å². The van der Waals surface area contributed by atoms with Crippen molar-refractivity contribution in [1.82, 2.24) is 14.9 Å². The summed E-state index contributed by atoms with van der Waals surface area (Å²) in [5, 5.41) is 19.1. The highest BCUT2D eigenvalue weighted by Gasteiger charge is 2.28. The van der Waals surface area contributed by atoms with E-state index < -0.39 is 37.4 Å². The maximum Gasteiger partial charge on any atom is 0.289 e. The van der Waals surface area contributed by atoms with Crippen molar-refractivity contribution in [2.75, 3.05) is 11.4 Å². The van der Waals surface area contributed by atoms with Gasteiger partial charge >= 0.3 is 0 Å². The quantitative estimate of drug-likeness (QED) is 0.267. The molecular weight excluding hydrogens is 461 g/mol. The van der Waals surface area contributed by atoms with Crippen LogP contribution in [0.15, 0.2) is 77.8 Å². The summed E-state index contributed by atoms with van der Waals surface area (Å²) in [6, 6.07) is 16.1. The van der Waals surface area contributed by atoms with Crippen molar-refractivity contribution in [2.24, 2.45) is 0 Å². The largest absolute Gasteiger partial charge is 0.340 e. The Labute approximate surface area is 195 Å². The monoisotopic (exact) mass is 483 g/mol. The lowest BCUT2D eigenvalue weighted by Gasteiger charge is -2.29. The summed E-state index contributed by atoms with van der Waals surface area (Å²) in [4.78, 5) is 12.1. The first-order chi connectivity index (χ1) is 16.3. The van der Waals surface area contributed by atoms with E-state index >= 15 is 0 Å². The van der Waals surface area contributed by atoms with Gasteiger partial charge in [0.2, 0.25) is 10.0 Å². The fourth-order valence-corrected chi connectivity index (χ4v) is 5.15. The van der Waals surface area contributed by atoms with Crippen molar-refractivity contribution < 1.29 is 17.7 Å². The normalized spacial score (nSPS) is 12.5. The number of H-pyrrole nitrogens is 1. The van der Waals surface area contributed by atoms with Crippen LogP contribution in [0.3, 0.4) is 0 Å². The van der Waals surface area contributed by atoms with Crippen LogP contribution in [0.5, 0.6) is 0 Å². The van der Waals surface area contributed by atoms with Gasteiger partial charge in [0, 0.05) is 35.4 Å². The number of hydrogen-bond donors (Lipinski definition) is 2. The molecule has 0 aliphatic carbocycles. The predicted octanol–water partition coefficient (Wildman–Crippen LogP) is 4.51. The molecule has 11 heteroatoms. The van der Waals surface area contributed by atoms with Crippen LogP contribution in [0.1, 0.15) is 13.3 Å². The van der Waals surface area contributed by atoms with Gasteiger partial charge in [-0.2, -0.15) is 5.10 Å². The topological polar surface area (TPSA) is 121 Å². The Morgan fingerprint density at radius 1 is 1.12 bits per heavy atom. The van der Waals surface area contributed by atoms with E-state index in [1.54, 1.807) is 18.3 Å². The van der Waals surface area contributed by atoms with E-state index in [1.165, 1.54) is 30.3 Å². The van der Waals surface area contributed by atoms with E-state index in [2.05, 4.69) is 14.9 Å². The lowest BCUT2D eigenvalue weighted by molar-refractivity contribution is -0.387. The summed E-state index contributed by atoms with van der Waals surface area (Å²) in [6.07, 6.45) is 2.09. The molecule has 0 spiro atoms. The van der Waals surface area contributed by atoms with Crippen molar-refractivity contribution in [1.29, 1.82) is 0 Å². The number of nitro groups is 1. The molecule has 0 saturated carbocycles. The van der Waals surface area contributed by atoms with E-state index in [1.807, 2.05) is 30.0 Å². The molecule has 0 aliphatic heterocycles. The smallest absolute Gasteiger partial charge is 0.289 e. The number of anilines is 2. The van der Waals surface area contributed by atoms with Crippen molar-refractivity contribution in [3.63, 3.8) is 0 Å². The number of aromatic nitrogens is 2. The molecule has 0 amide bonds. The predicted molar refractivity (Wildman–Crippen MR) is 127 cm³/mol. The third kappa shape index (κ3) is 4.90. The molecule has 3 aromatic carbocycles. The number of para-hydroxylation sites is 1. The first-order valence-corrected chi connectivity index (χ1v) is 12.0. The van der Waals surface area contributed by atoms with Gasteiger partial charge in [0.25, 0.3) is 5.69 Å². The molecule has 9 nitrogen and oxygen atoms in total. The molecule has 1 atom stereocenters. The second-order valence-corrected chi connectivity index (χ2v) is 9.36. The van der Waals surface area contributed by atoms with Crippen LogP contribution in [0, 0.1) is 15.9 Å². The number of benzene rings is 3. The zero-order valence-corrected chi connectivity index (χ0v) is 19.0. The van der Waals surface area contributed by atoms with Gasteiger partial charge in [0.1, 0.15) is 5.82 Å². The van der Waals surface area contributed by atoms with Crippen LogP contribution in [0.25, 0.3) is 10.9 Å². The minimum absolute atomic E-state index is 0.200. The van der Waals surface area contributed by atoms with E-state index in [4.69, 9.17) is 0 Å². The summed E-state index contributed by atoms with van der Waals surface area (Å²) in [5.41, 5.74) is 1.76. The van der Waals surface area contributed by atoms with Crippen molar-refractivity contribution >= 4 is 38.0 Å². The van der Waals surface area contributed by atoms with E-state index in [0.717, 1.165) is 22.7 Å². The van der Waals surface area contributed by atoms with Gasteiger partial charge < -0.3 is 4.90 Å². The van der Waals surface area contributed by atoms with Crippen molar-refractivity contribution in [3.05, 3.63) is 88.9 Å². The number of halogens is 1. The van der Waals surface area contributed by atoms with Gasteiger partial charge in [-0.25, -0.2) is 17.5 Å². The summed E-state index contributed by atoms with van der Waals surface area (Å²) in [7, 11) is -4.18. The Balaban J connectivity index is 1.68. The molecule has 34 heavy (non-hydrogen) atoms. The Morgan fingerprint density at radius 3 is 2.53 bits per heavy atom. The van der Waals surface area contributed by atoms with Gasteiger partial charge in [-0.1, -0.05) is 19.1 Å². The average molecular weight is 484 g/mol. The lowest BCUT2D eigenvalue weighted by atomic mass is 10.1. The molecular formula is C23H22FN5O4S. The maximum absolute atomic E-state index is 13.6. The Hall–Kier alpha value is -3.83. The van der Waals surface area contributed by atoms with E-state index in [-0.39, 0.29) is 6.54 Å². The highest BCUT2D eigenvalue weighted by Crippen LogP contribution is 2.29. The highest BCUT2D eigenvalue weighted by atomic mass is 32.2. The number of hydrogen-bond acceptors (Lipinski definition) is 6. The summed E-state index contributed by atoms with van der Waals surface area (Å²) in [5.74, 6) is -0.391. The number of nitro benzene ring substituents is 1. The minimum Gasteiger partial charge on any atom is -0.340 e. The summed E-state index contributed by atoms with van der Waals surface area (Å²) < 4.78 is 42.3. The lowest BCUT2D eigenvalue weighted by Crippen LogP contribution is -2.42. The second-order valence-electron chi connectivity index (χ2n) is 7.68. The van der Waals surface area contributed by atoms with Crippen LogP contribution >= 0.6 is 0 Å². The maximum atomic E-state index is 13.6. The van der Waals surface area contributed by atoms with E-state index in [9.17, 15) is 22.9 Å². The molecule has 0 radical (unpaired) electrons.